The van der Waals surface area contributed by atoms with Gasteiger partial charge in [0.05, 0.1) is 11.8 Å². The second kappa shape index (κ2) is 9.69. The molecule has 2 rings (SSSR count). The highest BCUT2D eigenvalue weighted by Gasteiger charge is 2.15. The molecular formula is C20H28N4OS. The summed E-state index contributed by atoms with van der Waals surface area (Å²) >= 11 is 1.37. The lowest BCUT2D eigenvalue weighted by Crippen LogP contribution is -2.35. The Morgan fingerprint density at radius 3 is 2.31 bits per heavy atom. The molecule has 2 aromatic rings. The molecule has 0 unspecified atom stereocenters. The van der Waals surface area contributed by atoms with Gasteiger partial charge in [-0.2, -0.15) is 0 Å². The summed E-state index contributed by atoms with van der Waals surface area (Å²) in [5, 5.41) is 3.68. The van der Waals surface area contributed by atoms with E-state index in [-0.39, 0.29) is 11.9 Å². The van der Waals surface area contributed by atoms with Crippen molar-refractivity contribution in [2.75, 3.05) is 26.4 Å². The number of hydrogen-bond acceptors (Lipinski definition) is 5. The molecule has 0 spiro atoms. The van der Waals surface area contributed by atoms with E-state index in [2.05, 4.69) is 51.4 Å². The van der Waals surface area contributed by atoms with Crippen LogP contribution in [0.25, 0.3) is 0 Å². The van der Waals surface area contributed by atoms with Crippen molar-refractivity contribution in [3.63, 3.8) is 0 Å². The number of nitrogens with one attached hydrogen (secondary N) is 1. The average Bonchev–Trinajstić information content (AvgIpc) is 2.59. The van der Waals surface area contributed by atoms with E-state index in [0.29, 0.717) is 17.5 Å². The van der Waals surface area contributed by atoms with Crippen molar-refractivity contribution in [3.05, 3.63) is 52.8 Å². The number of carbonyl (C=O) groups is 1. The van der Waals surface area contributed by atoms with Crippen LogP contribution in [0.2, 0.25) is 0 Å². The fourth-order valence-corrected chi connectivity index (χ4v) is 3.50. The molecule has 1 N–H and O–H groups in total. The second-order valence-electron chi connectivity index (χ2n) is 6.60. The lowest BCUT2D eigenvalue weighted by atomic mass is 10.0. The van der Waals surface area contributed by atoms with Crippen LogP contribution in [-0.4, -0.2) is 47.2 Å². The molecule has 0 fully saturated rings. The van der Waals surface area contributed by atoms with Gasteiger partial charge in [0.15, 0.2) is 5.16 Å². The zero-order chi connectivity index (χ0) is 19.1. The number of carbonyl (C=O) groups excluding carboxylic acids is 1. The zero-order valence-electron chi connectivity index (χ0n) is 16.2. The second-order valence-corrected chi connectivity index (χ2v) is 7.54. The first-order valence-corrected chi connectivity index (χ1v) is 9.84. The predicted octanol–water partition coefficient (Wildman–Crippen LogP) is 3.17. The Hall–Kier alpha value is -1.92. The molecule has 0 aliphatic carbocycles. The van der Waals surface area contributed by atoms with Gasteiger partial charge >= 0.3 is 0 Å². The van der Waals surface area contributed by atoms with E-state index in [1.165, 1.54) is 22.9 Å². The molecule has 1 atom stereocenters. The monoisotopic (exact) mass is 372 g/mol. The lowest BCUT2D eigenvalue weighted by Gasteiger charge is -2.25. The first kappa shape index (κ1) is 20.4. The number of nitrogens with zero attached hydrogens (tertiary/aromatic N) is 3. The summed E-state index contributed by atoms with van der Waals surface area (Å²) in [4.78, 5) is 23.1. The summed E-state index contributed by atoms with van der Waals surface area (Å²) < 4.78 is 0. The van der Waals surface area contributed by atoms with Crippen LogP contribution in [0.4, 0.5) is 0 Å². The largest absolute Gasteiger partial charge is 0.353 e. The minimum Gasteiger partial charge on any atom is -0.353 e. The van der Waals surface area contributed by atoms with Crippen LogP contribution >= 0.6 is 11.8 Å². The van der Waals surface area contributed by atoms with Gasteiger partial charge in [0.2, 0.25) is 5.91 Å². The van der Waals surface area contributed by atoms with Gasteiger partial charge in [-0.25, -0.2) is 9.97 Å². The third-order valence-corrected chi connectivity index (χ3v) is 5.03. The number of rotatable bonds is 8. The third-order valence-electron chi connectivity index (χ3n) is 4.18. The molecule has 1 amide bonds. The quantitative estimate of drug-likeness (QED) is 0.570. The summed E-state index contributed by atoms with van der Waals surface area (Å²) in [6.45, 7) is 6.59. The summed E-state index contributed by atoms with van der Waals surface area (Å²) in [7, 11) is 4.06. The van der Waals surface area contributed by atoms with Crippen molar-refractivity contribution in [1.82, 2.24) is 20.2 Å². The maximum Gasteiger partial charge on any atom is 0.230 e. The molecular weight excluding hydrogens is 344 g/mol. The number of benzene rings is 1. The van der Waals surface area contributed by atoms with Crippen LogP contribution < -0.4 is 5.32 Å². The van der Waals surface area contributed by atoms with Gasteiger partial charge in [0, 0.05) is 17.9 Å². The molecule has 0 saturated heterocycles. The minimum atomic E-state index is -0.00483. The molecule has 5 nitrogen and oxygen atoms in total. The number of hydrogen-bond donors (Lipinski definition) is 1. The summed E-state index contributed by atoms with van der Waals surface area (Å²) in [5.74, 6) is 0.312. The highest BCUT2D eigenvalue weighted by molar-refractivity contribution is 7.99. The smallest absolute Gasteiger partial charge is 0.230 e. The van der Waals surface area contributed by atoms with E-state index in [1.807, 2.05) is 34.0 Å². The van der Waals surface area contributed by atoms with Crippen LogP contribution in [0.5, 0.6) is 0 Å². The van der Waals surface area contributed by atoms with Crippen LogP contribution in [-0.2, 0) is 11.2 Å². The number of amides is 1. The number of aryl methyl sites for hydroxylation is 3. The molecule has 26 heavy (non-hydrogen) atoms. The molecule has 1 aromatic carbocycles. The van der Waals surface area contributed by atoms with Gasteiger partial charge < -0.3 is 10.2 Å². The maximum atomic E-state index is 12.2. The minimum absolute atomic E-state index is 0.00483. The molecule has 0 saturated carbocycles. The molecule has 0 aliphatic heterocycles. The standard InChI is InChI=1S/C20H28N4OS/c1-6-16-7-9-17(10-8-16)18(24(4)5)12-21-19(25)13-26-20-22-14(2)11-15(3)23-20/h7-11,18H,6,12-13H2,1-5H3,(H,21,25)/t18-/m1/s1. The Morgan fingerprint density at radius 1 is 1.15 bits per heavy atom. The van der Waals surface area contributed by atoms with Gasteiger partial charge in [-0.15, -0.1) is 0 Å². The van der Waals surface area contributed by atoms with E-state index in [4.69, 9.17) is 0 Å². The summed E-state index contributed by atoms with van der Waals surface area (Å²) in [5.41, 5.74) is 4.37. The van der Waals surface area contributed by atoms with Crippen molar-refractivity contribution in [2.45, 2.75) is 38.4 Å². The SMILES string of the molecule is CCc1ccc([C@@H](CNC(=O)CSc2nc(C)cc(C)n2)N(C)C)cc1. The Balaban J connectivity index is 1.90. The fourth-order valence-electron chi connectivity index (χ4n) is 2.72. The van der Waals surface area contributed by atoms with Crippen molar-refractivity contribution < 1.29 is 4.79 Å². The van der Waals surface area contributed by atoms with Crippen molar-refractivity contribution >= 4 is 17.7 Å². The lowest BCUT2D eigenvalue weighted by molar-refractivity contribution is -0.118. The van der Waals surface area contributed by atoms with Crippen molar-refractivity contribution in [1.29, 1.82) is 0 Å². The normalized spacial score (nSPS) is 12.2. The first-order chi connectivity index (χ1) is 12.4. The van der Waals surface area contributed by atoms with E-state index in [9.17, 15) is 4.79 Å². The average molecular weight is 373 g/mol. The topological polar surface area (TPSA) is 58.1 Å². The molecule has 0 aliphatic rings. The molecule has 6 heteroatoms. The van der Waals surface area contributed by atoms with Crippen LogP contribution in [0.3, 0.4) is 0 Å². The predicted molar refractivity (Wildman–Crippen MR) is 107 cm³/mol. The molecule has 140 valence electrons. The van der Waals surface area contributed by atoms with Gasteiger partial charge in [0.25, 0.3) is 0 Å². The number of aromatic nitrogens is 2. The van der Waals surface area contributed by atoms with Gasteiger partial charge in [-0.05, 0) is 51.6 Å². The third kappa shape index (κ3) is 6.11. The van der Waals surface area contributed by atoms with Gasteiger partial charge in [-0.1, -0.05) is 43.0 Å². The fraction of sp³-hybridized carbons (Fsp3) is 0.450. The van der Waals surface area contributed by atoms with Crippen LogP contribution in [0, 0.1) is 13.8 Å². The molecule has 1 heterocycles. The Labute approximate surface area is 160 Å². The van der Waals surface area contributed by atoms with E-state index < -0.39 is 0 Å². The van der Waals surface area contributed by atoms with Gasteiger partial charge in [0.1, 0.15) is 0 Å². The highest BCUT2D eigenvalue weighted by atomic mass is 32.2. The highest BCUT2D eigenvalue weighted by Crippen LogP contribution is 2.19. The first-order valence-electron chi connectivity index (χ1n) is 8.86. The molecule has 0 bridgehead atoms. The summed E-state index contributed by atoms with van der Waals surface area (Å²) in [6, 6.07) is 10.7. The molecule has 1 aromatic heterocycles. The van der Waals surface area contributed by atoms with E-state index >= 15 is 0 Å². The van der Waals surface area contributed by atoms with Crippen LogP contribution in [0.15, 0.2) is 35.5 Å². The van der Waals surface area contributed by atoms with Crippen molar-refractivity contribution in [3.8, 4) is 0 Å². The Bertz CT molecular complexity index is 711. The Kier molecular flexibility index (Phi) is 7.60. The zero-order valence-corrected chi connectivity index (χ0v) is 17.1. The number of likely N-dealkylation sites (N-methyl/N-ethyl adjacent to an activating group) is 1. The Morgan fingerprint density at radius 2 is 1.77 bits per heavy atom. The van der Waals surface area contributed by atoms with Crippen LogP contribution in [0.1, 0.15) is 35.5 Å². The molecule has 0 radical (unpaired) electrons. The maximum absolute atomic E-state index is 12.2. The summed E-state index contributed by atoms with van der Waals surface area (Å²) in [6.07, 6.45) is 1.03. The van der Waals surface area contributed by atoms with E-state index in [0.717, 1.165) is 17.8 Å². The van der Waals surface area contributed by atoms with Crippen molar-refractivity contribution in [2.24, 2.45) is 0 Å². The number of thioether (sulfide) groups is 1. The van der Waals surface area contributed by atoms with Gasteiger partial charge in [-0.3, -0.25) is 4.79 Å². The van der Waals surface area contributed by atoms with E-state index in [1.54, 1.807) is 0 Å².